The van der Waals surface area contributed by atoms with Crippen molar-refractivity contribution in [3.05, 3.63) is 80.1 Å². The van der Waals surface area contributed by atoms with E-state index in [-0.39, 0.29) is 0 Å². The lowest BCUT2D eigenvalue weighted by Gasteiger charge is -1.99. The minimum Gasteiger partial charge on any atom is -0.473 e. The Morgan fingerprint density at radius 1 is 0.667 bits per heavy atom. The standard InChI is InChI=1S/C16H10Cl4O/c17-13-3-1-11(15(19)9-13)5-7-21-8-6-12-2-4-14(18)10-16(12)20/h1-10H. The maximum absolute atomic E-state index is 6.03. The first-order valence-electron chi connectivity index (χ1n) is 5.95. The van der Waals surface area contributed by atoms with Crippen molar-refractivity contribution >= 4 is 58.6 Å². The molecule has 0 bridgehead atoms. The van der Waals surface area contributed by atoms with E-state index in [1.54, 1.807) is 36.4 Å². The molecule has 2 aromatic carbocycles. The molecule has 5 heteroatoms. The topological polar surface area (TPSA) is 9.23 Å². The number of halogens is 4. The predicted molar refractivity (Wildman–Crippen MR) is 92.1 cm³/mol. The summed E-state index contributed by atoms with van der Waals surface area (Å²) in [6, 6.07) is 10.5. The van der Waals surface area contributed by atoms with E-state index in [4.69, 9.17) is 51.1 Å². The summed E-state index contributed by atoms with van der Waals surface area (Å²) in [5, 5.41) is 2.31. The molecule has 0 saturated heterocycles. The molecule has 21 heavy (non-hydrogen) atoms. The van der Waals surface area contributed by atoms with Crippen molar-refractivity contribution in [2.75, 3.05) is 0 Å². The normalized spacial score (nSPS) is 11.4. The zero-order valence-corrected chi connectivity index (χ0v) is 13.7. The van der Waals surface area contributed by atoms with E-state index in [1.165, 1.54) is 12.5 Å². The van der Waals surface area contributed by atoms with Gasteiger partial charge in [0.1, 0.15) is 0 Å². The summed E-state index contributed by atoms with van der Waals surface area (Å²) in [6.45, 7) is 0. The van der Waals surface area contributed by atoms with Gasteiger partial charge < -0.3 is 4.74 Å². The molecule has 108 valence electrons. The van der Waals surface area contributed by atoms with Crippen LogP contribution in [0.5, 0.6) is 0 Å². The van der Waals surface area contributed by atoms with Gasteiger partial charge in [-0.25, -0.2) is 0 Å². The van der Waals surface area contributed by atoms with Crippen molar-refractivity contribution in [1.29, 1.82) is 0 Å². The first-order chi connectivity index (χ1) is 10.1. The lowest BCUT2D eigenvalue weighted by molar-refractivity contribution is 0.410. The molecule has 2 rings (SSSR count). The molecular weight excluding hydrogens is 350 g/mol. The monoisotopic (exact) mass is 358 g/mol. The number of ether oxygens (including phenoxy) is 1. The quantitative estimate of drug-likeness (QED) is 0.536. The van der Waals surface area contributed by atoms with Gasteiger partial charge in [0, 0.05) is 20.1 Å². The Kier molecular flexibility index (Phi) is 6.01. The predicted octanol–water partition coefficient (Wildman–Crippen LogP) is 6.96. The Morgan fingerprint density at radius 2 is 1.10 bits per heavy atom. The average Bonchev–Trinajstić information content (AvgIpc) is 2.42. The van der Waals surface area contributed by atoms with Crippen LogP contribution in [0.25, 0.3) is 12.2 Å². The smallest absolute Gasteiger partial charge is 0.0907 e. The molecule has 0 aliphatic carbocycles. The SMILES string of the molecule is Clc1ccc(C=COC=Cc2ccc(Cl)cc2Cl)c(Cl)c1. The summed E-state index contributed by atoms with van der Waals surface area (Å²) >= 11 is 23.7. The van der Waals surface area contributed by atoms with Crippen molar-refractivity contribution in [1.82, 2.24) is 0 Å². The highest BCUT2D eigenvalue weighted by Gasteiger charge is 1.98. The second-order valence-corrected chi connectivity index (χ2v) is 5.76. The maximum Gasteiger partial charge on any atom is 0.0907 e. The van der Waals surface area contributed by atoms with E-state index in [1.807, 2.05) is 12.1 Å². The van der Waals surface area contributed by atoms with Crippen molar-refractivity contribution < 1.29 is 4.74 Å². The second-order valence-electron chi connectivity index (χ2n) is 4.07. The van der Waals surface area contributed by atoms with Crippen LogP contribution in [0.1, 0.15) is 11.1 Å². The Hall–Kier alpha value is -1.12. The number of rotatable bonds is 4. The summed E-state index contributed by atoms with van der Waals surface area (Å²) < 4.78 is 5.27. The molecule has 1 nitrogen and oxygen atoms in total. The highest BCUT2D eigenvalue weighted by Crippen LogP contribution is 2.23. The van der Waals surface area contributed by atoms with Gasteiger partial charge in [0.05, 0.1) is 12.5 Å². The van der Waals surface area contributed by atoms with Crippen molar-refractivity contribution in [3.8, 4) is 0 Å². The molecular formula is C16H10Cl4O. The van der Waals surface area contributed by atoms with E-state index >= 15 is 0 Å². The lowest BCUT2D eigenvalue weighted by atomic mass is 10.2. The molecule has 0 aromatic heterocycles. The fourth-order valence-corrected chi connectivity index (χ4v) is 2.49. The highest BCUT2D eigenvalue weighted by molar-refractivity contribution is 6.36. The molecule has 0 radical (unpaired) electrons. The summed E-state index contributed by atoms with van der Waals surface area (Å²) in [5.41, 5.74) is 1.64. The first-order valence-corrected chi connectivity index (χ1v) is 7.46. The molecule has 0 aliphatic heterocycles. The second kappa shape index (κ2) is 7.77. The van der Waals surface area contributed by atoms with Crippen molar-refractivity contribution in [2.45, 2.75) is 0 Å². The summed E-state index contributed by atoms with van der Waals surface area (Å²) in [7, 11) is 0. The van der Waals surface area contributed by atoms with Gasteiger partial charge in [0.2, 0.25) is 0 Å². The molecule has 0 fully saturated rings. The van der Waals surface area contributed by atoms with E-state index in [2.05, 4.69) is 0 Å². The maximum atomic E-state index is 6.03. The van der Waals surface area contributed by atoms with Crippen molar-refractivity contribution in [3.63, 3.8) is 0 Å². The highest BCUT2D eigenvalue weighted by atomic mass is 35.5. The molecule has 0 saturated carbocycles. The molecule has 0 aliphatic rings. The average molecular weight is 360 g/mol. The Labute approximate surface area is 143 Å². The van der Waals surface area contributed by atoms with E-state index < -0.39 is 0 Å². The van der Waals surface area contributed by atoms with Gasteiger partial charge in [0.25, 0.3) is 0 Å². The van der Waals surface area contributed by atoms with Crippen LogP contribution in [-0.2, 0) is 4.74 Å². The largest absolute Gasteiger partial charge is 0.473 e. The van der Waals surface area contributed by atoms with E-state index in [0.717, 1.165) is 11.1 Å². The van der Waals surface area contributed by atoms with Gasteiger partial charge in [-0.2, -0.15) is 0 Å². The van der Waals surface area contributed by atoms with Gasteiger partial charge in [-0.05, 0) is 47.5 Å². The van der Waals surface area contributed by atoms with Crippen LogP contribution in [-0.4, -0.2) is 0 Å². The van der Waals surface area contributed by atoms with Crippen molar-refractivity contribution in [2.24, 2.45) is 0 Å². The lowest BCUT2D eigenvalue weighted by Crippen LogP contribution is -1.77. The minimum atomic E-state index is 0.562. The fourth-order valence-electron chi connectivity index (χ4n) is 1.54. The third-order valence-corrected chi connectivity index (χ3v) is 3.70. The van der Waals surface area contributed by atoms with Gasteiger partial charge in [-0.3, -0.25) is 0 Å². The minimum absolute atomic E-state index is 0.562. The zero-order valence-electron chi connectivity index (χ0n) is 10.7. The Bertz CT molecular complexity index is 633. The van der Waals surface area contributed by atoms with Crippen LogP contribution in [0.15, 0.2) is 48.9 Å². The van der Waals surface area contributed by atoms with Gasteiger partial charge in [0.15, 0.2) is 0 Å². The molecule has 0 unspecified atom stereocenters. The molecule has 0 spiro atoms. The summed E-state index contributed by atoms with van der Waals surface area (Å²) in [6.07, 6.45) is 6.53. The molecule has 2 aromatic rings. The van der Waals surface area contributed by atoms with Crippen LogP contribution >= 0.6 is 46.4 Å². The summed E-state index contributed by atoms with van der Waals surface area (Å²) in [4.78, 5) is 0. The third kappa shape index (κ3) is 4.98. The molecule has 0 amide bonds. The van der Waals surface area contributed by atoms with Crippen LogP contribution in [0.4, 0.5) is 0 Å². The third-order valence-electron chi connectivity index (χ3n) is 2.58. The molecule has 0 heterocycles. The zero-order chi connectivity index (χ0) is 15.2. The molecule has 0 N–H and O–H groups in total. The summed E-state index contributed by atoms with van der Waals surface area (Å²) in [5.74, 6) is 0. The van der Waals surface area contributed by atoms with Crippen LogP contribution < -0.4 is 0 Å². The fraction of sp³-hybridized carbons (Fsp3) is 0. The number of benzene rings is 2. The van der Waals surface area contributed by atoms with Crippen LogP contribution in [0.3, 0.4) is 0 Å². The van der Waals surface area contributed by atoms with Gasteiger partial charge in [-0.1, -0.05) is 58.5 Å². The van der Waals surface area contributed by atoms with Gasteiger partial charge in [-0.15, -0.1) is 0 Å². The van der Waals surface area contributed by atoms with Crippen LogP contribution in [0, 0.1) is 0 Å². The Morgan fingerprint density at radius 3 is 1.48 bits per heavy atom. The molecule has 0 atom stereocenters. The number of hydrogen-bond donors (Lipinski definition) is 0. The van der Waals surface area contributed by atoms with Crippen LogP contribution in [0.2, 0.25) is 20.1 Å². The first kappa shape index (κ1) is 16.3. The van der Waals surface area contributed by atoms with E-state index in [0.29, 0.717) is 20.1 Å². The van der Waals surface area contributed by atoms with Gasteiger partial charge >= 0.3 is 0 Å². The number of hydrogen-bond acceptors (Lipinski definition) is 1. The van der Waals surface area contributed by atoms with E-state index in [9.17, 15) is 0 Å². The Balaban J connectivity index is 1.97.